The van der Waals surface area contributed by atoms with Crippen molar-refractivity contribution in [3.05, 3.63) is 60.3 Å². The molecule has 13 heteroatoms. The Morgan fingerprint density at radius 2 is 1.68 bits per heavy atom. The Hall–Kier alpha value is -4.23. The fourth-order valence-electron chi connectivity index (χ4n) is 5.84. The van der Waals surface area contributed by atoms with Crippen molar-refractivity contribution in [1.82, 2.24) is 19.2 Å². The molecule has 0 radical (unpaired) electrons. The lowest BCUT2D eigenvalue weighted by molar-refractivity contribution is 0.0192. The van der Waals surface area contributed by atoms with Crippen LogP contribution in [-0.4, -0.2) is 77.4 Å². The van der Waals surface area contributed by atoms with Gasteiger partial charge in [0.25, 0.3) is 5.91 Å². The van der Waals surface area contributed by atoms with Crippen molar-refractivity contribution in [3.8, 4) is 0 Å². The number of hydrogen-bond acceptors (Lipinski definition) is 9. The van der Waals surface area contributed by atoms with E-state index in [2.05, 4.69) is 20.5 Å². The molecule has 2 aromatic carbocycles. The third-order valence-electron chi connectivity index (χ3n) is 7.98. The molecule has 1 aliphatic carbocycles. The summed E-state index contributed by atoms with van der Waals surface area (Å²) in [6.07, 6.45) is 5.40. The van der Waals surface area contributed by atoms with Crippen molar-refractivity contribution >= 4 is 50.9 Å². The zero-order chi connectivity index (χ0) is 31.1. The standard InChI is InChI=1S/C31H37N7O5S/c1-31(2,3)43-30(40)36-16-18-37(19-17-36)44(41,42)23-14-12-21(13-15-23)33-29-32-20-25-27(35-29)38(22-8-4-5-9-22)26-11-7-6-10-24(26)28(39)34-25/h6-7,10-15,20,22H,4-5,8-9,16-19H2,1-3H3,(H,34,39)(H,32,33,35). The number of fused-ring (bicyclic) bond motifs is 2. The van der Waals surface area contributed by atoms with Crippen LogP contribution in [0.1, 0.15) is 56.8 Å². The van der Waals surface area contributed by atoms with Crippen LogP contribution in [0.3, 0.4) is 0 Å². The minimum atomic E-state index is -3.75. The van der Waals surface area contributed by atoms with Gasteiger partial charge in [-0.25, -0.2) is 18.2 Å². The molecule has 232 valence electrons. The topological polar surface area (TPSA) is 137 Å². The molecule has 1 saturated heterocycles. The van der Waals surface area contributed by atoms with Crippen LogP contribution in [0.4, 0.5) is 33.6 Å². The minimum Gasteiger partial charge on any atom is -0.444 e. The lowest BCUT2D eigenvalue weighted by atomic mass is 10.1. The van der Waals surface area contributed by atoms with Gasteiger partial charge in [0.15, 0.2) is 5.82 Å². The van der Waals surface area contributed by atoms with Crippen molar-refractivity contribution in [2.45, 2.75) is 63.0 Å². The average molecular weight is 620 g/mol. The molecule has 1 saturated carbocycles. The van der Waals surface area contributed by atoms with E-state index in [0.29, 0.717) is 28.7 Å². The number of aromatic nitrogens is 2. The highest BCUT2D eigenvalue weighted by molar-refractivity contribution is 7.89. The number of piperazine rings is 1. The van der Waals surface area contributed by atoms with Crippen LogP contribution < -0.4 is 15.5 Å². The van der Waals surface area contributed by atoms with E-state index in [0.717, 1.165) is 31.4 Å². The number of anilines is 5. The number of sulfonamides is 1. The Morgan fingerprint density at radius 3 is 2.36 bits per heavy atom. The molecule has 12 nitrogen and oxygen atoms in total. The fraction of sp³-hybridized carbons (Fsp3) is 0.419. The second-order valence-electron chi connectivity index (χ2n) is 12.2. The summed E-state index contributed by atoms with van der Waals surface area (Å²) in [7, 11) is -3.75. The molecular formula is C31H37N7O5S. The normalized spacial score (nSPS) is 17.8. The number of carbonyl (C=O) groups excluding carboxylic acids is 2. The average Bonchev–Trinajstić information content (AvgIpc) is 3.49. The Kier molecular flexibility index (Phi) is 7.93. The van der Waals surface area contributed by atoms with Crippen LogP contribution in [0.5, 0.6) is 0 Å². The summed E-state index contributed by atoms with van der Waals surface area (Å²) in [6.45, 7) is 6.27. The zero-order valence-corrected chi connectivity index (χ0v) is 25.9. The number of benzene rings is 2. The van der Waals surface area contributed by atoms with Crippen LogP contribution in [0.15, 0.2) is 59.6 Å². The largest absolute Gasteiger partial charge is 0.444 e. The van der Waals surface area contributed by atoms with Gasteiger partial charge >= 0.3 is 6.09 Å². The molecule has 2 amide bonds. The molecule has 3 heterocycles. The van der Waals surface area contributed by atoms with Gasteiger partial charge in [-0.15, -0.1) is 0 Å². The highest BCUT2D eigenvalue weighted by Crippen LogP contribution is 2.42. The van der Waals surface area contributed by atoms with Crippen molar-refractivity contribution in [2.75, 3.05) is 41.7 Å². The molecule has 0 spiro atoms. The van der Waals surface area contributed by atoms with E-state index in [4.69, 9.17) is 9.72 Å². The van der Waals surface area contributed by atoms with Gasteiger partial charge in [-0.3, -0.25) is 4.79 Å². The maximum atomic E-state index is 13.4. The van der Waals surface area contributed by atoms with Gasteiger partial charge in [0.05, 0.1) is 22.3 Å². The maximum absolute atomic E-state index is 13.4. The zero-order valence-electron chi connectivity index (χ0n) is 25.1. The smallest absolute Gasteiger partial charge is 0.410 e. The Labute approximate surface area is 257 Å². The predicted molar refractivity (Wildman–Crippen MR) is 167 cm³/mol. The molecule has 44 heavy (non-hydrogen) atoms. The van der Waals surface area contributed by atoms with Gasteiger partial charge in [-0.1, -0.05) is 25.0 Å². The first kappa shape index (κ1) is 29.8. The van der Waals surface area contributed by atoms with E-state index in [1.54, 1.807) is 51.2 Å². The van der Waals surface area contributed by atoms with Crippen LogP contribution in [-0.2, 0) is 14.8 Å². The summed E-state index contributed by atoms with van der Waals surface area (Å²) in [6, 6.07) is 14.2. The van der Waals surface area contributed by atoms with E-state index >= 15 is 0 Å². The van der Waals surface area contributed by atoms with E-state index in [1.165, 1.54) is 9.21 Å². The molecule has 3 aliphatic rings. The van der Waals surface area contributed by atoms with Crippen molar-refractivity contribution in [1.29, 1.82) is 0 Å². The van der Waals surface area contributed by atoms with Gasteiger partial charge in [-0.05, 0) is 70.0 Å². The number of amides is 2. The molecule has 2 N–H and O–H groups in total. The van der Waals surface area contributed by atoms with Crippen LogP contribution in [0, 0.1) is 0 Å². The molecule has 0 atom stereocenters. The van der Waals surface area contributed by atoms with Gasteiger partial charge in [-0.2, -0.15) is 9.29 Å². The summed E-state index contributed by atoms with van der Waals surface area (Å²) in [5.74, 6) is 0.751. The lowest BCUT2D eigenvalue weighted by Crippen LogP contribution is -2.51. The highest BCUT2D eigenvalue weighted by Gasteiger charge is 2.34. The SMILES string of the molecule is CC(C)(C)OC(=O)N1CCN(S(=O)(=O)c2ccc(Nc3ncc4c(n3)N(C3CCCC3)c3ccccc3C(=O)N4)cc2)CC1. The van der Waals surface area contributed by atoms with Crippen molar-refractivity contribution < 1.29 is 22.7 Å². The van der Waals surface area contributed by atoms with Crippen LogP contribution in [0.25, 0.3) is 0 Å². The lowest BCUT2D eigenvalue weighted by Gasteiger charge is -2.35. The number of rotatable bonds is 5. The molecule has 2 fully saturated rings. The second-order valence-corrected chi connectivity index (χ2v) is 14.2. The monoisotopic (exact) mass is 619 g/mol. The molecule has 2 aliphatic heterocycles. The molecule has 0 bridgehead atoms. The summed E-state index contributed by atoms with van der Waals surface area (Å²) in [4.78, 5) is 38.5. The number of para-hydroxylation sites is 1. The second kappa shape index (κ2) is 11.7. The summed E-state index contributed by atoms with van der Waals surface area (Å²) < 4.78 is 33.5. The number of nitrogens with one attached hydrogen (secondary N) is 2. The number of hydrogen-bond donors (Lipinski definition) is 2. The first-order chi connectivity index (χ1) is 21.0. The minimum absolute atomic E-state index is 0.156. The fourth-order valence-corrected chi connectivity index (χ4v) is 7.26. The van der Waals surface area contributed by atoms with E-state index in [-0.39, 0.29) is 43.0 Å². The van der Waals surface area contributed by atoms with Gasteiger partial charge in [0, 0.05) is 37.9 Å². The molecule has 1 aromatic heterocycles. The highest BCUT2D eigenvalue weighted by atomic mass is 32.2. The Balaban J connectivity index is 1.18. The maximum Gasteiger partial charge on any atom is 0.410 e. The van der Waals surface area contributed by atoms with Crippen LogP contribution >= 0.6 is 0 Å². The van der Waals surface area contributed by atoms with E-state index < -0.39 is 21.7 Å². The van der Waals surface area contributed by atoms with E-state index in [1.807, 2.05) is 24.3 Å². The van der Waals surface area contributed by atoms with Gasteiger partial charge < -0.3 is 25.2 Å². The van der Waals surface area contributed by atoms with Crippen molar-refractivity contribution in [2.24, 2.45) is 0 Å². The number of ether oxygens (including phenoxy) is 1. The predicted octanol–water partition coefficient (Wildman–Crippen LogP) is 5.11. The van der Waals surface area contributed by atoms with E-state index in [9.17, 15) is 18.0 Å². The Morgan fingerprint density at radius 1 is 1.00 bits per heavy atom. The first-order valence-electron chi connectivity index (χ1n) is 14.9. The number of carbonyl (C=O) groups is 2. The van der Waals surface area contributed by atoms with Crippen molar-refractivity contribution in [3.63, 3.8) is 0 Å². The summed E-state index contributed by atoms with van der Waals surface area (Å²) in [5.41, 5.74) is 1.95. The molecule has 6 rings (SSSR count). The molecule has 0 unspecified atom stereocenters. The molecule has 3 aromatic rings. The third-order valence-corrected chi connectivity index (χ3v) is 9.89. The quantitative estimate of drug-likeness (QED) is 0.399. The summed E-state index contributed by atoms with van der Waals surface area (Å²) in [5, 5.41) is 6.15. The molecular weight excluding hydrogens is 582 g/mol. The van der Waals surface area contributed by atoms with Gasteiger partial charge in [0.2, 0.25) is 16.0 Å². The number of nitrogens with zero attached hydrogens (tertiary/aromatic N) is 5. The summed E-state index contributed by atoms with van der Waals surface area (Å²) >= 11 is 0. The van der Waals surface area contributed by atoms with Gasteiger partial charge in [0.1, 0.15) is 11.3 Å². The Bertz CT molecular complexity index is 1660. The van der Waals surface area contributed by atoms with Crippen LogP contribution in [0.2, 0.25) is 0 Å². The first-order valence-corrected chi connectivity index (χ1v) is 16.4. The third kappa shape index (κ3) is 6.06.